The van der Waals surface area contributed by atoms with E-state index in [9.17, 15) is 9.00 Å². The van der Waals surface area contributed by atoms with Crippen molar-refractivity contribution in [2.24, 2.45) is 0 Å². The molecule has 0 fully saturated rings. The normalized spacial score (nSPS) is 12.7. The average Bonchev–Trinajstić information content (AvgIpc) is 2.35. The Balaban J connectivity index is 2.10. The predicted molar refractivity (Wildman–Crippen MR) is 73.0 cm³/mol. The van der Waals surface area contributed by atoms with Crippen LogP contribution >= 0.6 is 0 Å². The minimum absolute atomic E-state index is 0.128. The minimum atomic E-state index is -0.805. The molecular formula is C12H15N3O2S. The molecule has 0 bridgehead atoms. The van der Waals surface area contributed by atoms with Gasteiger partial charge in [0.05, 0.1) is 17.4 Å². The van der Waals surface area contributed by atoms with Crippen LogP contribution in [-0.2, 0) is 17.3 Å². The monoisotopic (exact) mass is 265 g/mol. The van der Waals surface area contributed by atoms with Gasteiger partial charge in [-0.2, -0.15) is 0 Å². The molecule has 96 valence electrons. The van der Waals surface area contributed by atoms with Gasteiger partial charge in [0, 0.05) is 29.4 Å². The first-order chi connectivity index (χ1) is 8.66. The Morgan fingerprint density at radius 1 is 1.39 bits per heavy atom. The van der Waals surface area contributed by atoms with Crippen molar-refractivity contribution in [2.75, 3.05) is 18.6 Å². The Kier molecular flexibility index (Phi) is 4.22. The average molecular weight is 265 g/mol. The largest absolute Gasteiger partial charge is 0.309 e. The Bertz CT molecular complexity index is 624. The standard InChI is InChI=1S/C12H15N3O2S/c1-18(17)7-6-13-8-11-14-10-5-3-2-4-9(10)12(16)15-11/h2-5,13H,6-8H2,1H3,(H,14,15,16). The van der Waals surface area contributed by atoms with Gasteiger partial charge in [-0.3, -0.25) is 9.00 Å². The van der Waals surface area contributed by atoms with Crippen molar-refractivity contribution in [1.29, 1.82) is 0 Å². The molecule has 0 radical (unpaired) electrons. The first kappa shape index (κ1) is 12.9. The van der Waals surface area contributed by atoms with Crippen molar-refractivity contribution in [3.8, 4) is 0 Å². The zero-order valence-corrected chi connectivity index (χ0v) is 10.9. The summed E-state index contributed by atoms with van der Waals surface area (Å²) >= 11 is 0. The highest BCUT2D eigenvalue weighted by Crippen LogP contribution is 2.05. The fourth-order valence-corrected chi connectivity index (χ4v) is 2.07. The second-order valence-electron chi connectivity index (χ2n) is 3.98. The second-order valence-corrected chi connectivity index (χ2v) is 5.54. The molecule has 2 aromatic rings. The topological polar surface area (TPSA) is 74.8 Å². The van der Waals surface area contributed by atoms with Gasteiger partial charge in [-0.05, 0) is 12.1 Å². The van der Waals surface area contributed by atoms with Crippen LogP contribution in [-0.4, -0.2) is 32.7 Å². The Morgan fingerprint density at radius 3 is 2.94 bits per heavy atom. The van der Waals surface area contributed by atoms with Crippen LogP contribution in [0.4, 0.5) is 0 Å². The molecule has 0 aliphatic heterocycles. The van der Waals surface area contributed by atoms with E-state index in [1.165, 1.54) is 0 Å². The molecule has 1 aromatic heterocycles. The SMILES string of the molecule is CS(=O)CCNCc1nc2ccccc2c(=O)[nH]1. The number of para-hydroxylation sites is 1. The molecule has 0 saturated heterocycles. The third-order valence-corrected chi connectivity index (χ3v) is 3.30. The third-order valence-electron chi connectivity index (χ3n) is 2.52. The molecule has 5 nitrogen and oxygen atoms in total. The van der Waals surface area contributed by atoms with Crippen molar-refractivity contribution < 1.29 is 4.21 Å². The molecule has 6 heteroatoms. The first-order valence-electron chi connectivity index (χ1n) is 5.65. The van der Waals surface area contributed by atoms with Gasteiger partial charge in [0.2, 0.25) is 0 Å². The molecule has 0 aliphatic carbocycles. The van der Waals surface area contributed by atoms with Crippen molar-refractivity contribution in [3.63, 3.8) is 0 Å². The maximum absolute atomic E-state index is 11.8. The number of aromatic amines is 1. The summed E-state index contributed by atoms with van der Waals surface area (Å²) in [6.07, 6.45) is 1.66. The van der Waals surface area contributed by atoms with Crippen LogP contribution in [0.2, 0.25) is 0 Å². The van der Waals surface area contributed by atoms with Gasteiger partial charge in [-0.15, -0.1) is 0 Å². The number of hydrogen-bond acceptors (Lipinski definition) is 4. The molecule has 1 aromatic carbocycles. The lowest BCUT2D eigenvalue weighted by Gasteiger charge is -2.04. The van der Waals surface area contributed by atoms with E-state index in [-0.39, 0.29) is 5.56 Å². The van der Waals surface area contributed by atoms with Crippen LogP contribution in [0.3, 0.4) is 0 Å². The Morgan fingerprint density at radius 2 is 2.17 bits per heavy atom. The number of nitrogens with one attached hydrogen (secondary N) is 2. The van der Waals surface area contributed by atoms with Crippen LogP contribution in [0.1, 0.15) is 5.82 Å². The molecular weight excluding hydrogens is 250 g/mol. The molecule has 2 N–H and O–H groups in total. The number of aromatic nitrogens is 2. The number of H-pyrrole nitrogens is 1. The zero-order chi connectivity index (χ0) is 13.0. The molecule has 18 heavy (non-hydrogen) atoms. The van der Waals surface area contributed by atoms with E-state index >= 15 is 0 Å². The summed E-state index contributed by atoms with van der Waals surface area (Å²) < 4.78 is 10.9. The summed E-state index contributed by atoms with van der Waals surface area (Å²) in [5.74, 6) is 1.19. The highest BCUT2D eigenvalue weighted by atomic mass is 32.2. The molecule has 1 unspecified atom stereocenters. The fourth-order valence-electron chi connectivity index (χ4n) is 1.64. The van der Waals surface area contributed by atoms with Crippen molar-refractivity contribution in [2.45, 2.75) is 6.54 Å². The molecule has 0 spiro atoms. The maximum atomic E-state index is 11.8. The molecule has 2 rings (SSSR count). The van der Waals surface area contributed by atoms with Gasteiger partial charge < -0.3 is 10.3 Å². The van der Waals surface area contributed by atoms with E-state index in [0.29, 0.717) is 35.6 Å². The smallest absolute Gasteiger partial charge is 0.258 e. The summed E-state index contributed by atoms with van der Waals surface area (Å²) in [6, 6.07) is 7.23. The van der Waals surface area contributed by atoms with E-state index in [2.05, 4.69) is 15.3 Å². The summed E-state index contributed by atoms with van der Waals surface area (Å²) in [5.41, 5.74) is 0.564. The summed E-state index contributed by atoms with van der Waals surface area (Å²) in [5, 5.41) is 3.69. The first-order valence-corrected chi connectivity index (χ1v) is 7.38. The minimum Gasteiger partial charge on any atom is -0.309 e. The van der Waals surface area contributed by atoms with Crippen molar-refractivity contribution in [1.82, 2.24) is 15.3 Å². The van der Waals surface area contributed by atoms with Crippen molar-refractivity contribution >= 4 is 21.7 Å². The molecule has 0 aliphatic rings. The van der Waals surface area contributed by atoms with Crippen LogP contribution in [0.25, 0.3) is 10.9 Å². The lowest BCUT2D eigenvalue weighted by molar-refractivity contribution is 0.668. The highest BCUT2D eigenvalue weighted by molar-refractivity contribution is 7.84. The lowest BCUT2D eigenvalue weighted by atomic mass is 10.2. The van der Waals surface area contributed by atoms with Crippen LogP contribution in [0.15, 0.2) is 29.1 Å². The van der Waals surface area contributed by atoms with E-state index in [0.717, 1.165) is 0 Å². The number of benzene rings is 1. The Hall–Kier alpha value is -1.53. The van der Waals surface area contributed by atoms with E-state index in [4.69, 9.17) is 0 Å². The summed E-state index contributed by atoms with van der Waals surface area (Å²) in [7, 11) is -0.805. The second kappa shape index (κ2) is 5.88. The van der Waals surface area contributed by atoms with Gasteiger partial charge in [0.1, 0.15) is 5.82 Å². The lowest BCUT2D eigenvalue weighted by Crippen LogP contribution is -2.23. The van der Waals surface area contributed by atoms with Gasteiger partial charge in [0.25, 0.3) is 5.56 Å². The molecule has 0 amide bonds. The van der Waals surface area contributed by atoms with E-state index in [1.54, 1.807) is 12.3 Å². The van der Waals surface area contributed by atoms with E-state index in [1.807, 2.05) is 18.2 Å². The summed E-state index contributed by atoms with van der Waals surface area (Å²) in [4.78, 5) is 18.9. The van der Waals surface area contributed by atoms with Gasteiger partial charge in [-0.25, -0.2) is 4.98 Å². The molecule has 1 heterocycles. The Labute approximate surface area is 107 Å². The number of fused-ring (bicyclic) bond motifs is 1. The zero-order valence-electron chi connectivity index (χ0n) is 10.1. The van der Waals surface area contributed by atoms with Crippen LogP contribution < -0.4 is 10.9 Å². The molecule has 1 atom stereocenters. The number of hydrogen-bond donors (Lipinski definition) is 2. The maximum Gasteiger partial charge on any atom is 0.258 e. The summed E-state index contributed by atoms with van der Waals surface area (Å²) in [6.45, 7) is 1.11. The third kappa shape index (κ3) is 3.24. The highest BCUT2D eigenvalue weighted by Gasteiger charge is 2.02. The number of nitrogens with zero attached hydrogens (tertiary/aromatic N) is 1. The van der Waals surface area contributed by atoms with Crippen LogP contribution in [0.5, 0.6) is 0 Å². The number of rotatable bonds is 5. The quantitative estimate of drug-likeness (QED) is 0.767. The fraction of sp³-hybridized carbons (Fsp3) is 0.333. The van der Waals surface area contributed by atoms with Crippen LogP contribution in [0, 0.1) is 0 Å². The van der Waals surface area contributed by atoms with Crippen molar-refractivity contribution in [3.05, 3.63) is 40.4 Å². The van der Waals surface area contributed by atoms with Gasteiger partial charge in [-0.1, -0.05) is 12.1 Å². The van der Waals surface area contributed by atoms with Gasteiger partial charge >= 0.3 is 0 Å². The van der Waals surface area contributed by atoms with E-state index < -0.39 is 10.8 Å². The predicted octanol–water partition coefficient (Wildman–Crippen LogP) is 0.391. The molecule has 0 saturated carbocycles. The van der Waals surface area contributed by atoms with Gasteiger partial charge in [0.15, 0.2) is 0 Å².